The van der Waals surface area contributed by atoms with Crippen molar-refractivity contribution in [3.05, 3.63) is 70.7 Å². The van der Waals surface area contributed by atoms with E-state index in [9.17, 15) is 4.79 Å². The highest BCUT2D eigenvalue weighted by molar-refractivity contribution is 7.15. The summed E-state index contributed by atoms with van der Waals surface area (Å²) in [5, 5.41) is 12.6. The highest BCUT2D eigenvalue weighted by Gasteiger charge is 2.18. The van der Waals surface area contributed by atoms with Gasteiger partial charge in [-0.05, 0) is 36.2 Å². The molecular weight excluding hydrogens is 334 g/mol. The maximum atomic E-state index is 12.3. The average Bonchev–Trinajstić information content (AvgIpc) is 3.11. The second-order valence-corrected chi connectivity index (χ2v) is 6.51. The summed E-state index contributed by atoms with van der Waals surface area (Å²) in [5.74, 6) is 0.687. The molecule has 0 unspecified atom stereocenters. The zero-order chi connectivity index (χ0) is 17.6. The molecule has 3 aromatic rings. The number of benzene rings is 2. The van der Waals surface area contributed by atoms with Gasteiger partial charge in [-0.25, -0.2) is 0 Å². The number of carbonyl (C=O) groups excluding carboxylic acids is 1. The molecule has 1 heterocycles. The molecule has 0 fully saturated rings. The zero-order valence-electron chi connectivity index (χ0n) is 14.1. The lowest BCUT2D eigenvalue weighted by Crippen LogP contribution is -2.11. The number of anilines is 1. The molecule has 5 nitrogen and oxygen atoms in total. The quantitative estimate of drug-likeness (QED) is 0.716. The van der Waals surface area contributed by atoms with Gasteiger partial charge in [0.15, 0.2) is 0 Å². The summed E-state index contributed by atoms with van der Waals surface area (Å²) in [4.78, 5) is 12.3. The van der Waals surface area contributed by atoms with Crippen LogP contribution in [0.2, 0.25) is 0 Å². The maximum Gasteiger partial charge on any atom is 0.257 e. The van der Waals surface area contributed by atoms with Gasteiger partial charge in [0.25, 0.3) is 5.91 Å². The summed E-state index contributed by atoms with van der Waals surface area (Å²) in [6.45, 7) is 2.12. The van der Waals surface area contributed by atoms with Gasteiger partial charge in [-0.3, -0.25) is 10.1 Å². The van der Waals surface area contributed by atoms with Gasteiger partial charge in [0.2, 0.25) is 5.13 Å². The predicted octanol–water partition coefficient (Wildman–Crippen LogP) is 4.34. The Morgan fingerprint density at radius 1 is 1.12 bits per heavy atom. The van der Waals surface area contributed by atoms with Crippen LogP contribution in [0.1, 0.15) is 40.2 Å². The molecule has 2 aromatic carbocycles. The predicted molar refractivity (Wildman–Crippen MR) is 99.4 cm³/mol. The number of hydrogen-bond donors (Lipinski definition) is 1. The fourth-order valence-corrected chi connectivity index (χ4v) is 3.53. The van der Waals surface area contributed by atoms with Crippen molar-refractivity contribution in [2.45, 2.75) is 19.3 Å². The SMILES string of the molecule is CC[C@@H](c1ccccc1)c1nnc(NC(=O)c2ccc(OC)cc2)s1. The van der Waals surface area contributed by atoms with Gasteiger partial charge in [0.05, 0.1) is 7.11 Å². The van der Waals surface area contributed by atoms with Crippen molar-refractivity contribution in [1.29, 1.82) is 0 Å². The van der Waals surface area contributed by atoms with E-state index in [1.54, 1.807) is 31.4 Å². The molecule has 0 saturated carbocycles. The number of ether oxygens (including phenoxy) is 1. The van der Waals surface area contributed by atoms with Crippen LogP contribution < -0.4 is 10.1 Å². The van der Waals surface area contributed by atoms with Crippen LogP contribution in [0.25, 0.3) is 0 Å². The number of hydrogen-bond acceptors (Lipinski definition) is 5. The summed E-state index contributed by atoms with van der Waals surface area (Å²) in [5.41, 5.74) is 1.75. The summed E-state index contributed by atoms with van der Waals surface area (Å²) in [7, 11) is 1.59. The first-order valence-electron chi connectivity index (χ1n) is 8.05. The molecule has 25 heavy (non-hydrogen) atoms. The van der Waals surface area contributed by atoms with Gasteiger partial charge < -0.3 is 4.74 Å². The molecule has 128 valence electrons. The largest absolute Gasteiger partial charge is 0.497 e. The van der Waals surface area contributed by atoms with Crippen LogP contribution in [0.4, 0.5) is 5.13 Å². The molecule has 6 heteroatoms. The van der Waals surface area contributed by atoms with Gasteiger partial charge in [-0.1, -0.05) is 48.6 Å². The van der Waals surface area contributed by atoms with Gasteiger partial charge in [0.1, 0.15) is 10.8 Å². The minimum Gasteiger partial charge on any atom is -0.497 e. The van der Waals surface area contributed by atoms with E-state index in [0.29, 0.717) is 16.4 Å². The van der Waals surface area contributed by atoms with Crippen molar-refractivity contribution in [2.24, 2.45) is 0 Å². The van der Waals surface area contributed by atoms with Gasteiger partial charge in [-0.2, -0.15) is 0 Å². The smallest absolute Gasteiger partial charge is 0.257 e. The molecule has 0 spiro atoms. The van der Waals surface area contributed by atoms with E-state index in [1.807, 2.05) is 18.2 Å². The van der Waals surface area contributed by atoms with Crippen molar-refractivity contribution < 1.29 is 9.53 Å². The molecule has 0 saturated heterocycles. The number of nitrogens with zero attached hydrogens (tertiary/aromatic N) is 2. The molecule has 3 rings (SSSR count). The summed E-state index contributed by atoms with van der Waals surface area (Å²) in [6, 6.07) is 17.2. The first-order valence-corrected chi connectivity index (χ1v) is 8.86. The minimum absolute atomic E-state index is 0.185. The van der Waals surface area contributed by atoms with Crippen LogP contribution in [0, 0.1) is 0 Å². The molecule has 0 aliphatic rings. The molecule has 1 amide bonds. The Morgan fingerprint density at radius 2 is 1.84 bits per heavy atom. The molecule has 0 aliphatic heterocycles. The van der Waals surface area contributed by atoms with Crippen LogP contribution in [0.3, 0.4) is 0 Å². The first kappa shape index (κ1) is 17.1. The highest BCUT2D eigenvalue weighted by Crippen LogP contribution is 2.31. The van der Waals surface area contributed by atoms with Crippen molar-refractivity contribution in [1.82, 2.24) is 10.2 Å². The lowest BCUT2D eigenvalue weighted by molar-refractivity contribution is 0.102. The van der Waals surface area contributed by atoms with Crippen LogP contribution in [0.15, 0.2) is 54.6 Å². The van der Waals surface area contributed by atoms with Crippen LogP contribution in [-0.4, -0.2) is 23.2 Å². The monoisotopic (exact) mass is 353 g/mol. The number of carbonyl (C=O) groups is 1. The second-order valence-electron chi connectivity index (χ2n) is 5.50. The Labute approximate surface area is 150 Å². The Morgan fingerprint density at radius 3 is 2.48 bits per heavy atom. The standard InChI is InChI=1S/C19H19N3O2S/c1-3-16(13-7-5-4-6-8-13)18-21-22-19(25-18)20-17(23)14-9-11-15(24-2)12-10-14/h4-12,16H,3H2,1-2H3,(H,20,22,23)/t16-/m0/s1. The van der Waals surface area contributed by atoms with Crippen LogP contribution in [-0.2, 0) is 0 Å². The topological polar surface area (TPSA) is 64.1 Å². The third-order valence-corrected chi connectivity index (χ3v) is 4.87. The summed E-state index contributed by atoms with van der Waals surface area (Å²) < 4.78 is 5.10. The van der Waals surface area contributed by atoms with Crippen LogP contribution in [0.5, 0.6) is 5.75 Å². The fraction of sp³-hybridized carbons (Fsp3) is 0.211. The van der Waals surface area contributed by atoms with E-state index in [2.05, 4.69) is 34.6 Å². The number of aromatic nitrogens is 2. The molecule has 1 N–H and O–H groups in total. The van der Waals surface area contributed by atoms with Crippen molar-refractivity contribution >= 4 is 22.4 Å². The van der Waals surface area contributed by atoms with E-state index in [4.69, 9.17) is 4.74 Å². The van der Waals surface area contributed by atoms with Crippen LogP contribution >= 0.6 is 11.3 Å². The third-order valence-electron chi connectivity index (χ3n) is 3.92. The van der Waals surface area contributed by atoms with E-state index in [-0.39, 0.29) is 11.8 Å². The molecule has 1 atom stereocenters. The van der Waals surface area contributed by atoms with Gasteiger partial charge in [0, 0.05) is 11.5 Å². The number of rotatable bonds is 6. The normalized spacial score (nSPS) is 11.8. The van der Waals surface area contributed by atoms with E-state index < -0.39 is 0 Å². The van der Waals surface area contributed by atoms with Gasteiger partial charge >= 0.3 is 0 Å². The molecule has 0 bridgehead atoms. The minimum atomic E-state index is -0.210. The lowest BCUT2D eigenvalue weighted by Gasteiger charge is -2.11. The van der Waals surface area contributed by atoms with Gasteiger partial charge in [-0.15, -0.1) is 10.2 Å². The van der Waals surface area contributed by atoms with E-state index in [1.165, 1.54) is 16.9 Å². The fourth-order valence-electron chi connectivity index (χ4n) is 2.58. The third kappa shape index (κ3) is 4.03. The number of methoxy groups -OCH3 is 1. The highest BCUT2D eigenvalue weighted by atomic mass is 32.1. The number of nitrogens with one attached hydrogen (secondary N) is 1. The second kappa shape index (κ2) is 7.90. The maximum absolute atomic E-state index is 12.3. The Kier molecular flexibility index (Phi) is 5.40. The Bertz CT molecular complexity index is 831. The van der Waals surface area contributed by atoms with Crippen molar-refractivity contribution in [3.63, 3.8) is 0 Å². The summed E-state index contributed by atoms with van der Waals surface area (Å²) >= 11 is 1.41. The van der Waals surface area contributed by atoms with E-state index >= 15 is 0 Å². The molecule has 1 aromatic heterocycles. The van der Waals surface area contributed by atoms with Crippen molar-refractivity contribution in [3.8, 4) is 5.75 Å². The zero-order valence-corrected chi connectivity index (χ0v) is 14.9. The number of amides is 1. The lowest BCUT2D eigenvalue weighted by atomic mass is 9.97. The molecular formula is C19H19N3O2S. The Balaban J connectivity index is 1.73. The van der Waals surface area contributed by atoms with E-state index in [0.717, 1.165) is 11.4 Å². The average molecular weight is 353 g/mol. The molecule has 0 radical (unpaired) electrons. The molecule has 0 aliphatic carbocycles. The first-order chi connectivity index (χ1) is 12.2. The Hall–Kier alpha value is -2.73. The summed E-state index contributed by atoms with van der Waals surface area (Å²) in [6.07, 6.45) is 0.922. The van der Waals surface area contributed by atoms with Crippen molar-refractivity contribution in [2.75, 3.05) is 12.4 Å².